The molecule has 6 rings (SSSR count). The number of benzene rings is 3. The SMILES string of the molecule is CCOC(=O)c1ccc(N2C(=O)C3Sc4[nH]c(=O)sc4[C@H](c4ccccc4OCC(=O)Nc4ccc(F)cc4)C3C2=O)cc1. The highest BCUT2D eigenvalue weighted by Gasteiger charge is 2.56. The van der Waals surface area contributed by atoms with E-state index in [-0.39, 0.29) is 23.7 Å². The second-order valence-corrected chi connectivity index (χ2v) is 12.1. The van der Waals surface area contributed by atoms with Gasteiger partial charge in [-0.3, -0.25) is 19.2 Å². The number of aromatic amines is 1. The highest BCUT2D eigenvalue weighted by molar-refractivity contribution is 8.00. The Morgan fingerprint density at radius 3 is 2.43 bits per heavy atom. The molecule has 44 heavy (non-hydrogen) atoms. The molecule has 4 aromatic rings. The first-order valence-corrected chi connectivity index (χ1v) is 15.3. The van der Waals surface area contributed by atoms with Crippen LogP contribution in [0.3, 0.4) is 0 Å². The van der Waals surface area contributed by atoms with Crippen molar-refractivity contribution in [1.82, 2.24) is 4.98 Å². The van der Waals surface area contributed by atoms with E-state index in [2.05, 4.69) is 10.3 Å². The van der Waals surface area contributed by atoms with Gasteiger partial charge in [-0.15, -0.1) is 0 Å². The number of halogens is 1. The molecule has 2 aliphatic rings. The van der Waals surface area contributed by atoms with Crippen LogP contribution in [0.1, 0.15) is 33.6 Å². The number of imide groups is 1. The molecule has 1 fully saturated rings. The van der Waals surface area contributed by atoms with Gasteiger partial charge in [-0.05, 0) is 61.5 Å². The predicted molar refractivity (Wildman–Crippen MR) is 162 cm³/mol. The van der Waals surface area contributed by atoms with Crippen LogP contribution in [0.2, 0.25) is 0 Å². The van der Waals surface area contributed by atoms with Gasteiger partial charge < -0.3 is 19.8 Å². The minimum atomic E-state index is -0.881. The summed E-state index contributed by atoms with van der Waals surface area (Å²) in [5.41, 5.74) is 1.52. The molecule has 1 saturated heterocycles. The monoisotopic (exact) mass is 633 g/mol. The number of H-pyrrole nitrogens is 1. The molecule has 2 N–H and O–H groups in total. The Kier molecular flexibility index (Phi) is 8.06. The maximum atomic E-state index is 14.1. The Bertz CT molecular complexity index is 1820. The third kappa shape index (κ3) is 5.51. The number of amides is 3. The van der Waals surface area contributed by atoms with Crippen LogP contribution in [-0.2, 0) is 19.1 Å². The minimum Gasteiger partial charge on any atom is -0.483 e. The zero-order chi connectivity index (χ0) is 31.0. The first-order chi connectivity index (χ1) is 21.2. The molecule has 2 unspecified atom stereocenters. The Morgan fingerprint density at radius 2 is 1.70 bits per heavy atom. The van der Waals surface area contributed by atoms with E-state index in [1.807, 2.05) is 0 Å². The summed E-state index contributed by atoms with van der Waals surface area (Å²) in [5, 5.41) is 2.29. The van der Waals surface area contributed by atoms with Crippen molar-refractivity contribution in [3.63, 3.8) is 0 Å². The first kappa shape index (κ1) is 29.3. The van der Waals surface area contributed by atoms with Crippen molar-refractivity contribution in [3.8, 4) is 5.75 Å². The average Bonchev–Trinajstić information content (AvgIpc) is 3.51. The number of hydrogen-bond donors (Lipinski definition) is 2. The number of nitrogens with zero attached hydrogens (tertiary/aromatic N) is 1. The summed E-state index contributed by atoms with van der Waals surface area (Å²) in [7, 11) is 0. The fraction of sp³-hybridized carbons (Fsp3) is 0.194. The van der Waals surface area contributed by atoms with Gasteiger partial charge in [-0.1, -0.05) is 41.3 Å². The van der Waals surface area contributed by atoms with Gasteiger partial charge in [-0.2, -0.15) is 0 Å². The standard InChI is InChI=1S/C31H24FN3O7S2/c1-2-41-30(39)16-7-13-19(14-8-16)35-28(37)24-23(25-27(34-31(40)44-25)43-26(24)29(35)38)20-5-3-4-6-21(20)42-15-22(36)33-18-11-9-17(32)10-12-18/h3-14,23-24,26H,2,15H2,1H3,(H,33,36)(H,34,40)/t23-,24?,26?/m1/s1. The number of ether oxygens (including phenoxy) is 2. The molecule has 224 valence electrons. The quantitative estimate of drug-likeness (QED) is 0.213. The van der Waals surface area contributed by atoms with E-state index >= 15 is 0 Å². The number of thioether (sulfide) groups is 1. The minimum absolute atomic E-state index is 0.210. The summed E-state index contributed by atoms with van der Waals surface area (Å²) in [6, 6.07) is 18.2. The summed E-state index contributed by atoms with van der Waals surface area (Å²) in [6.07, 6.45) is 0. The summed E-state index contributed by atoms with van der Waals surface area (Å²) < 4.78 is 24.2. The fourth-order valence-electron chi connectivity index (χ4n) is 5.31. The average molecular weight is 634 g/mol. The first-order valence-electron chi connectivity index (χ1n) is 13.6. The van der Waals surface area contributed by atoms with Crippen molar-refractivity contribution in [2.45, 2.75) is 23.1 Å². The van der Waals surface area contributed by atoms with Crippen molar-refractivity contribution in [2.75, 3.05) is 23.4 Å². The molecule has 0 saturated carbocycles. The van der Waals surface area contributed by atoms with Gasteiger partial charge in [0, 0.05) is 22.0 Å². The molecule has 3 heterocycles. The molecular formula is C31H24FN3O7S2. The Balaban J connectivity index is 1.31. The van der Waals surface area contributed by atoms with Crippen LogP contribution < -0.4 is 19.8 Å². The summed E-state index contributed by atoms with van der Waals surface area (Å²) in [5.74, 6) is -3.65. The molecule has 3 aromatic carbocycles. The number of carbonyl (C=O) groups excluding carboxylic acids is 4. The molecule has 0 bridgehead atoms. The number of thiazole rings is 1. The Hall–Kier alpha value is -4.75. The van der Waals surface area contributed by atoms with Crippen molar-refractivity contribution in [3.05, 3.63) is 104 Å². The summed E-state index contributed by atoms with van der Waals surface area (Å²) in [6.45, 7) is 1.52. The lowest BCUT2D eigenvalue weighted by molar-refractivity contribution is -0.122. The van der Waals surface area contributed by atoms with Crippen molar-refractivity contribution in [2.24, 2.45) is 5.92 Å². The highest BCUT2D eigenvalue weighted by Crippen LogP contribution is 2.54. The lowest BCUT2D eigenvalue weighted by atomic mass is 9.82. The largest absolute Gasteiger partial charge is 0.483 e. The third-order valence-electron chi connectivity index (χ3n) is 7.20. The number of hydrogen-bond acceptors (Lipinski definition) is 9. The Morgan fingerprint density at radius 1 is 0.977 bits per heavy atom. The van der Waals surface area contributed by atoms with E-state index in [0.29, 0.717) is 32.6 Å². The molecule has 2 aliphatic heterocycles. The third-order valence-corrected chi connectivity index (χ3v) is 9.60. The predicted octanol–water partition coefficient (Wildman–Crippen LogP) is 4.57. The van der Waals surface area contributed by atoms with E-state index in [9.17, 15) is 28.4 Å². The highest BCUT2D eigenvalue weighted by atomic mass is 32.2. The van der Waals surface area contributed by atoms with Crippen LogP contribution >= 0.6 is 23.1 Å². The van der Waals surface area contributed by atoms with E-state index in [1.165, 1.54) is 48.5 Å². The number of aromatic nitrogens is 1. The van der Waals surface area contributed by atoms with E-state index in [1.54, 1.807) is 31.2 Å². The van der Waals surface area contributed by atoms with Gasteiger partial charge in [0.15, 0.2) is 6.61 Å². The van der Waals surface area contributed by atoms with Crippen LogP contribution in [0.25, 0.3) is 0 Å². The summed E-state index contributed by atoms with van der Waals surface area (Å²) >= 11 is 2.09. The van der Waals surface area contributed by atoms with Crippen molar-refractivity contribution in [1.29, 1.82) is 0 Å². The van der Waals surface area contributed by atoms with Crippen LogP contribution in [-0.4, -0.2) is 47.1 Å². The molecule has 3 amide bonds. The number of anilines is 2. The second kappa shape index (κ2) is 12.1. The van der Waals surface area contributed by atoms with Crippen LogP contribution in [0.15, 0.2) is 82.6 Å². The lowest BCUT2D eigenvalue weighted by Gasteiger charge is -2.30. The summed E-state index contributed by atoms with van der Waals surface area (Å²) in [4.78, 5) is 69.2. The van der Waals surface area contributed by atoms with Gasteiger partial charge in [0.05, 0.1) is 28.8 Å². The molecular weight excluding hydrogens is 609 g/mol. The zero-order valence-corrected chi connectivity index (χ0v) is 24.7. The van der Waals surface area contributed by atoms with E-state index in [4.69, 9.17) is 9.47 Å². The molecule has 0 spiro atoms. The van der Waals surface area contributed by atoms with Gasteiger partial charge in [0.2, 0.25) is 11.8 Å². The number of rotatable bonds is 8. The molecule has 0 radical (unpaired) electrons. The van der Waals surface area contributed by atoms with Gasteiger partial charge in [-0.25, -0.2) is 14.1 Å². The van der Waals surface area contributed by atoms with Gasteiger partial charge in [0.1, 0.15) is 16.8 Å². The van der Waals surface area contributed by atoms with E-state index in [0.717, 1.165) is 28.0 Å². The van der Waals surface area contributed by atoms with Crippen molar-refractivity contribution >= 4 is 58.2 Å². The second-order valence-electron chi connectivity index (χ2n) is 9.91. The smallest absolute Gasteiger partial charge is 0.338 e. The van der Waals surface area contributed by atoms with Crippen LogP contribution in [0.5, 0.6) is 5.75 Å². The molecule has 10 nitrogen and oxygen atoms in total. The normalized spacial score (nSPS) is 18.9. The topological polar surface area (TPSA) is 135 Å². The van der Waals surface area contributed by atoms with Crippen LogP contribution in [0, 0.1) is 11.7 Å². The number of fused-ring (bicyclic) bond motifs is 2. The lowest BCUT2D eigenvalue weighted by Crippen LogP contribution is -2.32. The number of esters is 1. The molecule has 13 heteroatoms. The van der Waals surface area contributed by atoms with Crippen LogP contribution in [0.4, 0.5) is 15.8 Å². The maximum absolute atomic E-state index is 14.1. The number of para-hydroxylation sites is 1. The molecule has 0 aliphatic carbocycles. The van der Waals surface area contributed by atoms with Gasteiger partial charge >= 0.3 is 10.8 Å². The fourth-order valence-corrected chi connectivity index (χ4v) is 7.82. The van der Waals surface area contributed by atoms with Crippen molar-refractivity contribution < 1.29 is 33.0 Å². The zero-order valence-electron chi connectivity index (χ0n) is 23.1. The number of carbonyl (C=O) groups is 4. The maximum Gasteiger partial charge on any atom is 0.338 e. The molecule has 3 atom stereocenters. The van der Waals surface area contributed by atoms with E-state index < -0.39 is 46.6 Å². The molecule has 1 aromatic heterocycles. The Labute approximate surface area is 258 Å². The number of nitrogens with one attached hydrogen (secondary N) is 2. The van der Waals surface area contributed by atoms with Gasteiger partial charge in [0.25, 0.3) is 5.91 Å².